The summed E-state index contributed by atoms with van der Waals surface area (Å²) in [6.45, 7) is 10.3. The Labute approximate surface area is 123 Å². The number of carbonyl (C=O) groups is 1. The third-order valence-corrected chi connectivity index (χ3v) is 3.94. The molecule has 1 fully saturated rings. The summed E-state index contributed by atoms with van der Waals surface area (Å²) >= 11 is 0. The van der Waals surface area contributed by atoms with Crippen LogP contribution in [0.5, 0.6) is 0 Å². The molecule has 20 heavy (non-hydrogen) atoms. The van der Waals surface area contributed by atoms with E-state index in [-0.39, 0.29) is 18.1 Å². The van der Waals surface area contributed by atoms with Crippen LogP contribution in [0.2, 0.25) is 0 Å². The second kappa shape index (κ2) is 8.60. The molecule has 118 valence electrons. The average molecular weight is 285 g/mol. The van der Waals surface area contributed by atoms with E-state index in [4.69, 9.17) is 4.74 Å². The van der Waals surface area contributed by atoms with Crippen LogP contribution >= 0.6 is 0 Å². The van der Waals surface area contributed by atoms with Crippen molar-refractivity contribution in [2.45, 2.75) is 51.7 Å². The normalized spacial score (nSPS) is 21.6. The van der Waals surface area contributed by atoms with Gasteiger partial charge >= 0.3 is 5.97 Å². The van der Waals surface area contributed by atoms with Crippen molar-refractivity contribution in [2.75, 3.05) is 40.3 Å². The van der Waals surface area contributed by atoms with Gasteiger partial charge in [-0.05, 0) is 33.0 Å². The van der Waals surface area contributed by atoms with Crippen LogP contribution in [0.25, 0.3) is 0 Å². The molecule has 5 heteroatoms. The molecule has 0 radical (unpaired) electrons. The number of likely N-dealkylation sites (tertiary alicyclic amines) is 1. The van der Waals surface area contributed by atoms with E-state index in [1.165, 1.54) is 26.5 Å². The number of rotatable bonds is 8. The topological polar surface area (TPSA) is 44.8 Å². The van der Waals surface area contributed by atoms with Gasteiger partial charge in [0.25, 0.3) is 0 Å². The van der Waals surface area contributed by atoms with E-state index in [0.29, 0.717) is 12.6 Å². The molecule has 0 amide bonds. The first kappa shape index (κ1) is 17.4. The highest BCUT2D eigenvalue weighted by molar-refractivity contribution is 5.75. The minimum atomic E-state index is -0.249. The quantitative estimate of drug-likeness (QED) is 0.673. The fourth-order valence-electron chi connectivity index (χ4n) is 3.00. The molecule has 0 aromatic carbocycles. The first-order valence-electron chi connectivity index (χ1n) is 7.74. The molecule has 2 atom stereocenters. The number of methoxy groups -OCH3 is 1. The number of nitrogens with one attached hydrogen (secondary N) is 1. The van der Waals surface area contributed by atoms with Crippen molar-refractivity contribution in [3.8, 4) is 0 Å². The van der Waals surface area contributed by atoms with Gasteiger partial charge in [-0.3, -0.25) is 9.69 Å². The van der Waals surface area contributed by atoms with Crippen molar-refractivity contribution in [2.24, 2.45) is 0 Å². The summed E-state index contributed by atoms with van der Waals surface area (Å²) in [6, 6.07) is 0.648. The van der Waals surface area contributed by atoms with E-state index in [1.807, 2.05) is 13.8 Å². The van der Waals surface area contributed by atoms with Gasteiger partial charge < -0.3 is 15.0 Å². The minimum Gasteiger partial charge on any atom is -0.468 e. The second-order valence-electron chi connectivity index (χ2n) is 6.04. The molecule has 1 saturated heterocycles. The van der Waals surface area contributed by atoms with Gasteiger partial charge in [-0.25, -0.2) is 0 Å². The maximum Gasteiger partial charge on any atom is 0.324 e. The van der Waals surface area contributed by atoms with Gasteiger partial charge in [-0.1, -0.05) is 20.8 Å². The number of esters is 1. The van der Waals surface area contributed by atoms with E-state index in [2.05, 4.69) is 29.1 Å². The van der Waals surface area contributed by atoms with E-state index >= 15 is 0 Å². The van der Waals surface area contributed by atoms with Gasteiger partial charge in [-0.2, -0.15) is 0 Å². The van der Waals surface area contributed by atoms with Gasteiger partial charge in [0.05, 0.1) is 7.11 Å². The number of ether oxygens (including phenoxy) is 1. The number of hydrogen-bond donors (Lipinski definition) is 1. The third-order valence-electron chi connectivity index (χ3n) is 3.94. The lowest BCUT2D eigenvalue weighted by molar-refractivity contribution is -0.143. The van der Waals surface area contributed by atoms with Crippen molar-refractivity contribution in [1.82, 2.24) is 15.1 Å². The molecule has 0 spiro atoms. The first-order chi connectivity index (χ1) is 9.47. The molecule has 1 aliphatic heterocycles. The highest BCUT2D eigenvalue weighted by Gasteiger charge is 2.27. The van der Waals surface area contributed by atoms with Crippen molar-refractivity contribution < 1.29 is 9.53 Å². The van der Waals surface area contributed by atoms with Crippen molar-refractivity contribution >= 4 is 5.97 Å². The predicted octanol–water partition coefficient (Wildman–Crippen LogP) is 0.942. The van der Waals surface area contributed by atoms with Gasteiger partial charge in [0.2, 0.25) is 0 Å². The Kier molecular flexibility index (Phi) is 7.48. The zero-order chi connectivity index (χ0) is 15.1. The monoisotopic (exact) mass is 285 g/mol. The number of likely N-dealkylation sites (N-methyl/N-ethyl adjacent to an activating group) is 2. The maximum absolute atomic E-state index is 11.8. The molecular weight excluding hydrogens is 254 g/mol. The maximum atomic E-state index is 11.8. The largest absolute Gasteiger partial charge is 0.468 e. The molecule has 0 aliphatic carbocycles. The first-order valence-corrected chi connectivity index (χ1v) is 7.74. The van der Waals surface area contributed by atoms with Crippen LogP contribution in [0.4, 0.5) is 0 Å². The van der Waals surface area contributed by atoms with Gasteiger partial charge in [-0.15, -0.1) is 0 Å². The van der Waals surface area contributed by atoms with Crippen molar-refractivity contribution in [1.29, 1.82) is 0 Å². The molecule has 5 nitrogen and oxygen atoms in total. The van der Waals surface area contributed by atoms with Crippen LogP contribution in [-0.2, 0) is 9.53 Å². The van der Waals surface area contributed by atoms with Gasteiger partial charge in [0.15, 0.2) is 0 Å². The number of carbonyl (C=O) groups excluding carboxylic acids is 1. The van der Waals surface area contributed by atoms with Gasteiger partial charge in [0, 0.05) is 25.2 Å². The van der Waals surface area contributed by atoms with E-state index in [9.17, 15) is 4.79 Å². The molecule has 1 heterocycles. The summed E-state index contributed by atoms with van der Waals surface area (Å²) in [6.07, 6.45) is 2.55. The fraction of sp³-hybridized carbons (Fsp3) is 0.933. The molecule has 1 N–H and O–H groups in total. The number of nitrogens with zero attached hydrogens (tertiary/aromatic N) is 2. The smallest absolute Gasteiger partial charge is 0.324 e. The highest BCUT2D eigenvalue weighted by atomic mass is 16.5. The lowest BCUT2D eigenvalue weighted by Gasteiger charge is -2.30. The zero-order valence-electron chi connectivity index (χ0n) is 13.7. The Morgan fingerprint density at radius 2 is 2.20 bits per heavy atom. The summed E-state index contributed by atoms with van der Waals surface area (Å²) in [5.74, 6) is -0.177. The van der Waals surface area contributed by atoms with Crippen LogP contribution < -0.4 is 5.32 Å². The third kappa shape index (κ3) is 5.38. The Bertz CT molecular complexity index is 297. The summed E-state index contributed by atoms with van der Waals surface area (Å²) in [7, 11) is 3.54. The predicted molar refractivity (Wildman–Crippen MR) is 81.8 cm³/mol. The average Bonchev–Trinajstić information content (AvgIpc) is 2.83. The molecular formula is C15H31N3O2. The Morgan fingerprint density at radius 1 is 1.50 bits per heavy atom. The molecule has 1 aliphatic rings. The van der Waals surface area contributed by atoms with E-state index in [1.54, 1.807) is 0 Å². The van der Waals surface area contributed by atoms with Crippen LogP contribution in [-0.4, -0.2) is 74.2 Å². The molecule has 2 unspecified atom stereocenters. The Hall–Kier alpha value is -0.650. The lowest BCUT2D eigenvalue weighted by Crippen LogP contribution is -2.50. The molecule has 0 saturated carbocycles. The summed E-state index contributed by atoms with van der Waals surface area (Å²) in [5.41, 5.74) is 0. The summed E-state index contributed by atoms with van der Waals surface area (Å²) < 4.78 is 4.89. The minimum absolute atomic E-state index is 0.177. The fourth-order valence-corrected chi connectivity index (χ4v) is 3.00. The van der Waals surface area contributed by atoms with Gasteiger partial charge in [0.1, 0.15) is 6.04 Å². The standard InChI is InChI=1S/C15H31N3O2/c1-6-18-9-7-8-13(18)10-17(4)11-14(15(19)20-5)16-12(2)3/h12-14,16H,6-11H2,1-5H3. The molecule has 1 rings (SSSR count). The van der Waals surface area contributed by atoms with E-state index < -0.39 is 0 Å². The zero-order valence-corrected chi connectivity index (χ0v) is 13.7. The molecule has 0 bridgehead atoms. The van der Waals surface area contributed by atoms with Crippen LogP contribution in [0.3, 0.4) is 0 Å². The van der Waals surface area contributed by atoms with Crippen molar-refractivity contribution in [3.05, 3.63) is 0 Å². The van der Waals surface area contributed by atoms with E-state index in [0.717, 1.165) is 13.1 Å². The lowest BCUT2D eigenvalue weighted by atomic mass is 10.2. The highest BCUT2D eigenvalue weighted by Crippen LogP contribution is 2.17. The number of hydrogen-bond acceptors (Lipinski definition) is 5. The Morgan fingerprint density at radius 3 is 2.75 bits per heavy atom. The van der Waals surface area contributed by atoms with Crippen molar-refractivity contribution in [3.63, 3.8) is 0 Å². The van der Waals surface area contributed by atoms with Crippen LogP contribution in [0.15, 0.2) is 0 Å². The summed E-state index contributed by atoms with van der Waals surface area (Å²) in [5, 5.41) is 3.28. The van der Waals surface area contributed by atoms with Crippen LogP contribution in [0, 0.1) is 0 Å². The Balaban J connectivity index is 2.48. The molecule has 0 aromatic rings. The summed E-state index contributed by atoms with van der Waals surface area (Å²) in [4.78, 5) is 16.6. The van der Waals surface area contributed by atoms with Crippen LogP contribution in [0.1, 0.15) is 33.6 Å². The molecule has 0 aromatic heterocycles. The SMILES string of the molecule is CCN1CCCC1CN(C)CC(NC(C)C)C(=O)OC. The second-order valence-corrected chi connectivity index (χ2v) is 6.04.